The molecule has 1 aliphatic rings. The highest BCUT2D eigenvalue weighted by atomic mass is 19.3. The second kappa shape index (κ2) is 10.2. The quantitative estimate of drug-likeness (QED) is 0.379. The Morgan fingerprint density at radius 2 is 2.22 bits per heavy atom. The largest absolute Gasteiger partial charge is 0.506 e. The molecule has 0 saturated carbocycles. The summed E-state index contributed by atoms with van der Waals surface area (Å²) in [6.07, 6.45) is 2.07. The molecule has 2 unspecified atom stereocenters. The second-order valence-corrected chi connectivity index (χ2v) is 7.81. The summed E-state index contributed by atoms with van der Waals surface area (Å²) in [5.74, 6) is -4.39. The number of pyridine rings is 2. The Morgan fingerprint density at radius 1 is 1.44 bits per heavy atom. The third kappa shape index (κ3) is 5.67. The first-order valence-corrected chi connectivity index (χ1v) is 10.3. The number of alkyl halides is 2. The van der Waals surface area contributed by atoms with E-state index in [1.54, 1.807) is 11.8 Å². The van der Waals surface area contributed by atoms with Crippen LogP contribution in [0.1, 0.15) is 30.4 Å². The van der Waals surface area contributed by atoms with Crippen LogP contribution in [-0.4, -0.2) is 69.2 Å². The maximum absolute atomic E-state index is 14.8. The standard InChI is InChI=1S/C21H27F2N5O4/c1-13(19(31)27-18-3-2-16(30)11-25-18)28-6-4-21(22,23)17(12-28)14-8-15(9-24-5-7-29)20(32)26-10-14/h2-3,8,10-11,13,17,24,29-30H,4-7,9,12H2,1H3,(H,26,32)(H,25,27,31). The lowest BCUT2D eigenvalue weighted by Crippen LogP contribution is -2.52. The molecular formula is C21H27F2N5O4. The lowest BCUT2D eigenvalue weighted by Gasteiger charge is -2.40. The number of aliphatic hydroxyl groups is 1. The fourth-order valence-corrected chi connectivity index (χ4v) is 3.67. The number of halogens is 2. The molecule has 5 N–H and O–H groups in total. The highest BCUT2D eigenvalue weighted by molar-refractivity contribution is 5.93. The molecule has 2 atom stereocenters. The number of H-pyrrole nitrogens is 1. The fraction of sp³-hybridized carbons (Fsp3) is 0.476. The molecule has 174 valence electrons. The Balaban J connectivity index is 1.74. The van der Waals surface area contributed by atoms with Crippen LogP contribution in [0.2, 0.25) is 0 Å². The van der Waals surface area contributed by atoms with Gasteiger partial charge in [-0.25, -0.2) is 13.8 Å². The SMILES string of the molecule is CC(C(=O)Nc1ccc(O)cn1)N1CCC(F)(F)C(c2c[nH]c(=O)c(CNCCO)c2)C1. The maximum atomic E-state index is 14.8. The van der Waals surface area contributed by atoms with Gasteiger partial charge in [-0.05, 0) is 30.7 Å². The van der Waals surface area contributed by atoms with E-state index in [1.165, 1.54) is 30.6 Å². The number of piperidine rings is 1. The highest BCUT2D eigenvalue weighted by Crippen LogP contribution is 2.40. The van der Waals surface area contributed by atoms with Crippen LogP contribution in [0.5, 0.6) is 5.75 Å². The normalized spacial score (nSPS) is 19.4. The van der Waals surface area contributed by atoms with Gasteiger partial charge in [-0.2, -0.15) is 0 Å². The van der Waals surface area contributed by atoms with Crippen LogP contribution in [-0.2, 0) is 11.3 Å². The number of nitrogens with zero attached hydrogens (tertiary/aromatic N) is 2. The van der Waals surface area contributed by atoms with Crippen molar-refractivity contribution >= 4 is 11.7 Å². The molecule has 9 nitrogen and oxygen atoms in total. The van der Waals surface area contributed by atoms with Gasteiger partial charge in [-0.1, -0.05) is 0 Å². The van der Waals surface area contributed by atoms with Gasteiger partial charge in [0.15, 0.2) is 0 Å². The lowest BCUT2D eigenvalue weighted by atomic mass is 9.86. The zero-order valence-corrected chi connectivity index (χ0v) is 17.6. The molecule has 1 fully saturated rings. The van der Waals surface area contributed by atoms with Gasteiger partial charge in [0.05, 0.1) is 24.8 Å². The molecule has 32 heavy (non-hydrogen) atoms. The van der Waals surface area contributed by atoms with Crippen molar-refractivity contribution in [2.75, 3.05) is 31.6 Å². The Bertz CT molecular complexity index is 983. The third-order valence-electron chi connectivity index (χ3n) is 5.59. The van der Waals surface area contributed by atoms with E-state index in [0.717, 1.165) is 0 Å². The van der Waals surface area contributed by atoms with E-state index >= 15 is 0 Å². The number of anilines is 1. The first-order valence-electron chi connectivity index (χ1n) is 10.3. The minimum Gasteiger partial charge on any atom is -0.506 e. The summed E-state index contributed by atoms with van der Waals surface area (Å²) in [4.78, 5) is 32.8. The Hall–Kier alpha value is -2.89. The second-order valence-electron chi connectivity index (χ2n) is 7.81. The minimum atomic E-state index is -3.00. The summed E-state index contributed by atoms with van der Waals surface area (Å²) in [5.41, 5.74) is 0.199. The van der Waals surface area contributed by atoms with E-state index in [2.05, 4.69) is 20.6 Å². The van der Waals surface area contributed by atoms with E-state index < -0.39 is 30.2 Å². The number of aromatic nitrogens is 2. The number of rotatable bonds is 8. The number of amides is 1. The van der Waals surface area contributed by atoms with Crippen LogP contribution in [0.25, 0.3) is 0 Å². The predicted molar refractivity (Wildman–Crippen MR) is 114 cm³/mol. The summed E-state index contributed by atoms with van der Waals surface area (Å²) in [5, 5.41) is 23.7. The predicted octanol–water partition coefficient (Wildman–Crippen LogP) is 1.01. The van der Waals surface area contributed by atoms with Gasteiger partial charge < -0.3 is 25.8 Å². The van der Waals surface area contributed by atoms with Gasteiger partial charge in [0.25, 0.3) is 11.5 Å². The van der Waals surface area contributed by atoms with Crippen molar-refractivity contribution in [3.63, 3.8) is 0 Å². The Labute approximate surface area is 183 Å². The monoisotopic (exact) mass is 451 g/mol. The van der Waals surface area contributed by atoms with Gasteiger partial charge in [0.1, 0.15) is 11.6 Å². The van der Waals surface area contributed by atoms with Crippen LogP contribution in [0.15, 0.2) is 35.4 Å². The van der Waals surface area contributed by atoms with Gasteiger partial charge >= 0.3 is 0 Å². The number of carbonyl (C=O) groups excluding carboxylic acids is 1. The molecule has 2 aromatic rings. The number of likely N-dealkylation sites (tertiary alicyclic amines) is 1. The average Bonchev–Trinajstić information content (AvgIpc) is 2.76. The van der Waals surface area contributed by atoms with Crippen LogP contribution >= 0.6 is 0 Å². The van der Waals surface area contributed by atoms with E-state index in [9.17, 15) is 23.5 Å². The molecule has 1 aliphatic heterocycles. The summed E-state index contributed by atoms with van der Waals surface area (Å²) in [6, 6.07) is 3.59. The van der Waals surface area contributed by atoms with E-state index in [1.807, 2.05) is 0 Å². The molecule has 3 rings (SSSR count). The summed E-state index contributed by atoms with van der Waals surface area (Å²) in [7, 11) is 0. The number of carbonyl (C=O) groups is 1. The Morgan fingerprint density at radius 3 is 2.91 bits per heavy atom. The number of hydrogen-bond donors (Lipinski definition) is 5. The van der Waals surface area contributed by atoms with Crippen molar-refractivity contribution in [3.05, 3.63) is 52.1 Å². The third-order valence-corrected chi connectivity index (χ3v) is 5.59. The van der Waals surface area contributed by atoms with Crippen LogP contribution < -0.4 is 16.2 Å². The molecule has 1 amide bonds. The molecule has 0 spiro atoms. The van der Waals surface area contributed by atoms with Crippen molar-refractivity contribution in [1.82, 2.24) is 20.2 Å². The smallest absolute Gasteiger partial charge is 0.257 e. The van der Waals surface area contributed by atoms with Gasteiger partial charge in [0, 0.05) is 44.4 Å². The number of nitrogens with one attached hydrogen (secondary N) is 3. The number of aliphatic hydroxyl groups excluding tert-OH is 1. The lowest BCUT2D eigenvalue weighted by molar-refractivity contribution is -0.125. The molecule has 0 aromatic carbocycles. The first kappa shape index (κ1) is 23.8. The molecule has 0 aliphatic carbocycles. The van der Waals surface area contributed by atoms with Crippen molar-refractivity contribution in [2.24, 2.45) is 0 Å². The summed E-state index contributed by atoms with van der Waals surface area (Å²) >= 11 is 0. The summed E-state index contributed by atoms with van der Waals surface area (Å²) < 4.78 is 29.6. The molecule has 1 saturated heterocycles. The molecule has 11 heteroatoms. The number of aromatic amines is 1. The van der Waals surface area contributed by atoms with Gasteiger partial charge in [-0.15, -0.1) is 0 Å². The maximum Gasteiger partial charge on any atom is 0.257 e. The molecular weight excluding hydrogens is 424 g/mol. The number of aromatic hydroxyl groups is 1. The van der Waals surface area contributed by atoms with Crippen LogP contribution in [0.4, 0.5) is 14.6 Å². The zero-order valence-electron chi connectivity index (χ0n) is 17.6. The van der Waals surface area contributed by atoms with E-state index in [0.29, 0.717) is 5.56 Å². The minimum absolute atomic E-state index is 0.0371. The molecule has 0 bridgehead atoms. The van der Waals surface area contributed by atoms with Crippen molar-refractivity contribution < 1.29 is 23.8 Å². The highest BCUT2D eigenvalue weighted by Gasteiger charge is 2.46. The number of hydrogen-bond acceptors (Lipinski definition) is 7. The molecule has 3 heterocycles. The summed E-state index contributed by atoms with van der Waals surface area (Å²) in [6.45, 7) is 1.92. The van der Waals surface area contributed by atoms with Crippen molar-refractivity contribution in [3.8, 4) is 5.75 Å². The first-order chi connectivity index (χ1) is 15.2. The van der Waals surface area contributed by atoms with Crippen LogP contribution in [0.3, 0.4) is 0 Å². The van der Waals surface area contributed by atoms with Gasteiger partial charge in [-0.3, -0.25) is 14.5 Å². The zero-order chi connectivity index (χ0) is 23.3. The van der Waals surface area contributed by atoms with Crippen molar-refractivity contribution in [1.29, 1.82) is 0 Å². The van der Waals surface area contributed by atoms with Crippen LogP contribution in [0, 0.1) is 0 Å². The Kier molecular flexibility index (Phi) is 7.54. The molecule has 0 radical (unpaired) electrons. The topological polar surface area (TPSA) is 131 Å². The van der Waals surface area contributed by atoms with Crippen molar-refractivity contribution in [2.45, 2.75) is 37.8 Å². The van der Waals surface area contributed by atoms with Gasteiger partial charge in [0.2, 0.25) is 5.91 Å². The van der Waals surface area contributed by atoms with E-state index in [4.69, 9.17) is 5.11 Å². The fourth-order valence-electron chi connectivity index (χ4n) is 3.67. The average molecular weight is 451 g/mol. The molecule has 2 aromatic heterocycles. The van der Waals surface area contributed by atoms with E-state index in [-0.39, 0.29) is 55.5 Å².